The molecule has 0 amide bonds. The highest BCUT2D eigenvalue weighted by molar-refractivity contribution is 5.55. The van der Waals surface area contributed by atoms with Gasteiger partial charge in [0.15, 0.2) is 0 Å². The normalized spacial score (nSPS) is 9.92. The number of rotatable bonds is 1. The predicted molar refractivity (Wildman–Crippen MR) is 50.0 cm³/mol. The van der Waals surface area contributed by atoms with Crippen molar-refractivity contribution in [3.05, 3.63) is 42.5 Å². The van der Waals surface area contributed by atoms with Gasteiger partial charge in [0.2, 0.25) is 0 Å². The molecule has 64 valence electrons. The highest BCUT2D eigenvalue weighted by Gasteiger charge is 2.02. The molecule has 0 atom stereocenters. The Balaban J connectivity index is 2.54. The minimum atomic E-state index is 0.850. The van der Waals surface area contributed by atoms with Crippen LogP contribution in [0.4, 0.5) is 0 Å². The molecule has 0 aliphatic heterocycles. The van der Waals surface area contributed by atoms with Crippen molar-refractivity contribution in [1.29, 1.82) is 0 Å². The summed E-state index contributed by atoms with van der Waals surface area (Å²) in [6.07, 6.45) is 5.11. The van der Waals surface area contributed by atoms with E-state index in [1.54, 1.807) is 18.6 Å². The Morgan fingerprint density at radius 1 is 0.923 bits per heavy atom. The van der Waals surface area contributed by atoms with E-state index in [1.165, 1.54) is 0 Å². The fourth-order valence-electron chi connectivity index (χ4n) is 1.16. The van der Waals surface area contributed by atoms with Crippen LogP contribution in [0.5, 0.6) is 0 Å². The van der Waals surface area contributed by atoms with Gasteiger partial charge in [0, 0.05) is 18.6 Å². The van der Waals surface area contributed by atoms with Crippen LogP contribution in [0.25, 0.3) is 11.4 Å². The van der Waals surface area contributed by atoms with Crippen molar-refractivity contribution in [1.82, 2.24) is 15.0 Å². The van der Waals surface area contributed by atoms with E-state index in [-0.39, 0.29) is 0 Å². The zero-order valence-electron chi connectivity index (χ0n) is 7.31. The Hall–Kier alpha value is -1.77. The lowest BCUT2D eigenvalue weighted by Crippen LogP contribution is -1.92. The van der Waals surface area contributed by atoms with Crippen molar-refractivity contribution in [2.75, 3.05) is 0 Å². The van der Waals surface area contributed by atoms with E-state index in [4.69, 9.17) is 0 Å². The second-order valence-electron chi connectivity index (χ2n) is 2.71. The SMILES string of the molecule is Cc1nccnc1-c1ccccn1. The molecule has 0 unspecified atom stereocenters. The summed E-state index contributed by atoms with van der Waals surface area (Å²) in [4.78, 5) is 12.6. The molecule has 3 nitrogen and oxygen atoms in total. The summed E-state index contributed by atoms with van der Waals surface area (Å²) in [5, 5.41) is 0. The molecule has 0 N–H and O–H groups in total. The summed E-state index contributed by atoms with van der Waals surface area (Å²) in [5.74, 6) is 0. The van der Waals surface area contributed by atoms with Crippen LogP contribution in [0.1, 0.15) is 5.69 Å². The minimum absolute atomic E-state index is 0.850. The first-order chi connectivity index (χ1) is 6.38. The molecular weight excluding hydrogens is 162 g/mol. The van der Waals surface area contributed by atoms with E-state index in [1.807, 2.05) is 25.1 Å². The van der Waals surface area contributed by atoms with Crippen LogP contribution in [-0.4, -0.2) is 15.0 Å². The van der Waals surface area contributed by atoms with Crippen LogP contribution in [0.15, 0.2) is 36.8 Å². The highest BCUT2D eigenvalue weighted by Crippen LogP contribution is 2.14. The topological polar surface area (TPSA) is 38.7 Å². The van der Waals surface area contributed by atoms with E-state index < -0.39 is 0 Å². The second kappa shape index (κ2) is 3.31. The van der Waals surface area contributed by atoms with Crippen molar-refractivity contribution in [3.63, 3.8) is 0 Å². The van der Waals surface area contributed by atoms with E-state index in [0.29, 0.717) is 0 Å². The molecule has 2 aromatic heterocycles. The van der Waals surface area contributed by atoms with E-state index >= 15 is 0 Å². The highest BCUT2D eigenvalue weighted by atomic mass is 14.8. The number of aryl methyl sites for hydroxylation is 1. The third kappa shape index (κ3) is 1.54. The number of nitrogens with zero attached hydrogens (tertiary/aromatic N) is 3. The van der Waals surface area contributed by atoms with Crippen molar-refractivity contribution in [2.45, 2.75) is 6.92 Å². The Morgan fingerprint density at radius 3 is 2.46 bits per heavy atom. The number of hydrogen-bond donors (Lipinski definition) is 0. The van der Waals surface area contributed by atoms with Crippen LogP contribution < -0.4 is 0 Å². The molecule has 0 saturated carbocycles. The molecule has 0 saturated heterocycles. The number of aromatic nitrogens is 3. The smallest absolute Gasteiger partial charge is 0.110 e. The van der Waals surface area contributed by atoms with Gasteiger partial charge >= 0.3 is 0 Å². The first-order valence-corrected chi connectivity index (χ1v) is 4.07. The third-order valence-electron chi connectivity index (χ3n) is 1.79. The quantitative estimate of drug-likeness (QED) is 0.657. The monoisotopic (exact) mass is 171 g/mol. The molecule has 2 aromatic rings. The van der Waals surface area contributed by atoms with Gasteiger partial charge in [0.25, 0.3) is 0 Å². The Morgan fingerprint density at radius 2 is 1.77 bits per heavy atom. The van der Waals surface area contributed by atoms with Gasteiger partial charge in [-0.3, -0.25) is 15.0 Å². The van der Waals surface area contributed by atoms with E-state index in [2.05, 4.69) is 15.0 Å². The van der Waals surface area contributed by atoms with Gasteiger partial charge < -0.3 is 0 Å². The molecule has 13 heavy (non-hydrogen) atoms. The lowest BCUT2D eigenvalue weighted by Gasteiger charge is -2.00. The average molecular weight is 171 g/mol. The summed E-state index contributed by atoms with van der Waals surface area (Å²) in [5.41, 5.74) is 2.62. The lowest BCUT2D eigenvalue weighted by atomic mass is 10.2. The predicted octanol–water partition coefficient (Wildman–Crippen LogP) is 1.85. The van der Waals surface area contributed by atoms with Crippen LogP contribution in [0, 0.1) is 6.92 Å². The number of pyridine rings is 1. The molecular formula is C10H9N3. The first-order valence-electron chi connectivity index (χ1n) is 4.07. The Bertz CT molecular complexity index is 398. The Labute approximate surface area is 76.5 Å². The zero-order chi connectivity index (χ0) is 9.10. The zero-order valence-corrected chi connectivity index (χ0v) is 7.31. The largest absolute Gasteiger partial charge is 0.258 e. The molecule has 2 rings (SSSR count). The number of hydrogen-bond acceptors (Lipinski definition) is 3. The maximum Gasteiger partial charge on any atom is 0.110 e. The van der Waals surface area contributed by atoms with Crippen molar-refractivity contribution in [2.24, 2.45) is 0 Å². The standard InChI is InChI=1S/C10H9N3/c1-8-10(13-7-6-11-8)9-4-2-3-5-12-9/h2-7H,1H3. The molecule has 0 spiro atoms. The average Bonchev–Trinajstić information content (AvgIpc) is 2.20. The van der Waals surface area contributed by atoms with Crippen LogP contribution >= 0.6 is 0 Å². The maximum absolute atomic E-state index is 4.22. The van der Waals surface area contributed by atoms with Gasteiger partial charge in [-0.05, 0) is 19.1 Å². The fraction of sp³-hybridized carbons (Fsp3) is 0.100. The molecule has 0 aromatic carbocycles. The molecule has 0 bridgehead atoms. The van der Waals surface area contributed by atoms with Gasteiger partial charge in [-0.15, -0.1) is 0 Å². The molecule has 0 fully saturated rings. The minimum Gasteiger partial charge on any atom is -0.258 e. The van der Waals surface area contributed by atoms with E-state index in [9.17, 15) is 0 Å². The lowest BCUT2D eigenvalue weighted by molar-refractivity contribution is 1.11. The summed E-state index contributed by atoms with van der Waals surface area (Å²) < 4.78 is 0. The molecule has 3 heteroatoms. The first kappa shape index (κ1) is 7.86. The van der Waals surface area contributed by atoms with Crippen molar-refractivity contribution in [3.8, 4) is 11.4 Å². The van der Waals surface area contributed by atoms with Gasteiger partial charge in [-0.2, -0.15) is 0 Å². The van der Waals surface area contributed by atoms with Crippen molar-refractivity contribution < 1.29 is 0 Å². The maximum atomic E-state index is 4.22. The molecule has 2 heterocycles. The van der Waals surface area contributed by atoms with Gasteiger partial charge in [-0.25, -0.2) is 0 Å². The fourth-order valence-corrected chi connectivity index (χ4v) is 1.16. The van der Waals surface area contributed by atoms with Gasteiger partial charge in [-0.1, -0.05) is 6.07 Å². The summed E-state index contributed by atoms with van der Waals surface area (Å²) in [7, 11) is 0. The Kier molecular flexibility index (Phi) is 2.00. The van der Waals surface area contributed by atoms with Gasteiger partial charge in [0.05, 0.1) is 11.4 Å². The van der Waals surface area contributed by atoms with Crippen LogP contribution in [0.3, 0.4) is 0 Å². The molecule has 0 radical (unpaired) electrons. The molecule has 0 aliphatic carbocycles. The van der Waals surface area contributed by atoms with Crippen molar-refractivity contribution >= 4 is 0 Å². The van der Waals surface area contributed by atoms with Gasteiger partial charge in [0.1, 0.15) is 5.69 Å². The summed E-state index contributed by atoms with van der Waals surface area (Å²) >= 11 is 0. The third-order valence-corrected chi connectivity index (χ3v) is 1.79. The second-order valence-corrected chi connectivity index (χ2v) is 2.71. The van der Waals surface area contributed by atoms with Crippen LogP contribution in [-0.2, 0) is 0 Å². The summed E-state index contributed by atoms with van der Waals surface area (Å²) in [6, 6.07) is 5.75. The summed E-state index contributed by atoms with van der Waals surface area (Å²) in [6.45, 7) is 1.93. The molecule has 0 aliphatic rings. The van der Waals surface area contributed by atoms with E-state index in [0.717, 1.165) is 17.1 Å². The van der Waals surface area contributed by atoms with Crippen LogP contribution in [0.2, 0.25) is 0 Å².